The van der Waals surface area contributed by atoms with Crippen LogP contribution in [0, 0.1) is 0 Å². The Labute approximate surface area is 99.2 Å². The molecule has 3 rings (SSSR count). The van der Waals surface area contributed by atoms with Crippen LogP contribution in [0.2, 0.25) is 0 Å². The Morgan fingerprint density at radius 2 is 1.82 bits per heavy atom. The van der Waals surface area contributed by atoms with Gasteiger partial charge in [-0.05, 0) is 17.7 Å². The Morgan fingerprint density at radius 3 is 2.59 bits per heavy atom. The lowest BCUT2D eigenvalue weighted by Crippen LogP contribution is -2.22. The van der Waals surface area contributed by atoms with Crippen molar-refractivity contribution in [2.24, 2.45) is 0 Å². The van der Waals surface area contributed by atoms with Crippen LogP contribution < -0.4 is 9.47 Å². The zero-order valence-electron chi connectivity index (χ0n) is 9.37. The predicted octanol–water partition coefficient (Wildman–Crippen LogP) is -0.0473. The zero-order valence-corrected chi connectivity index (χ0v) is 9.37. The third kappa shape index (κ3) is 2.09. The Balaban J connectivity index is 1.69. The molecular weight excluding hydrogens is 222 g/mol. The van der Waals surface area contributed by atoms with E-state index < -0.39 is 12.2 Å². The van der Waals surface area contributed by atoms with Gasteiger partial charge in [0, 0.05) is 19.6 Å². The quantitative estimate of drug-likeness (QED) is 0.755. The van der Waals surface area contributed by atoms with Crippen molar-refractivity contribution in [1.29, 1.82) is 0 Å². The smallest absolute Gasteiger partial charge is 0.231 e. The second kappa shape index (κ2) is 4.18. The number of ether oxygens (including phenoxy) is 2. The summed E-state index contributed by atoms with van der Waals surface area (Å²) in [5.74, 6) is 1.54. The molecule has 2 atom stereocenters. The van der Waals surface area contributed by atoms with Crippen molar-refractivity contribution >= 4 is 0 Å². The summed E-state index contributed by atoms with van der Waals surface area (Å²) in [6.07, 6.45) is -1.27. The van der Waals surface area contributed by atoms with Gasteiger partial charge in [-0.1, -0.05) is 6.07 Å². The first-order valence-electron chi connectivity index (χ1n) is 5.69. The molecule has 2 aliphatic heterocycles. The normalized spacial score (nSPS) is 27.6. The lowest BCUT2D eigenvalue weighted by Gasteiger charge is -2.14. The lowest BCUT2D eigenvalue weighted by molar-refractivity contribution is 0.0572. The molecule has 2 aliphatic rings. The second-order valence-corrected chi connectivity index (χ2v) is 4.52. The molecular formula is C12H15NO4. The van der Waals surface area contributed by atoms with Crippen LogP contribution in [0.4, 0.5) is 0 Å². The van der Waals surface area contributed by atoms with E-state index in [2.05, 4.69) is 0 Å². The Bertz CT molecular complexity index is 413. The molecule has 1 aromatic carbocycles. The maximum atomic E-state index is 9.46. The average molecular weight is 237 g/mol. The van der Waals surface area contributed by atoms with Gasteiger partial charge < -0.3 is 19.7 Å². The Morgan fingerprint density at radius 1 is 1.12 bits per heavy atom. The number of rotatable bonds is 2. The zero-order chi connectivity index (χ0) is 11.8. The number of aliphatic hydroxyl groups excluding tert-OH is 2. The molecule has 1 fully saturated rings. The van der Waals surface area contributed by atoms with Gasteiger partial charge in [0.05, 0.1) is 12.2 Å². The van der Waals surface area contributed by atoms with Crippen LogP contribution in [0.3, 0.4) is 0 Å². The highest BCUT2D eigenvalue weighted by Gasteiger charge is 2.29. The monoisotopic (exact) mass is 237 g/mol. The van der Waals surface area contributed by atoms with E-state index in [9.17, 15) is 10.2 Å². The number of hydrogen-bond acceptors (Lipinski definition) is 5. The first-order valence-corrected chi connectivity index (χ1v) is 5.69. The summed E-state index contributed by atoms with van der Waals surface area (Å²) in [4.78, 5) is 2.02. The maximum absolute atomic E-state index is 9.46. The van der Waals surface area contributed by atoms with Crippen molar-refractivity contribution in [2.75, 3.05) is 19.9 Å². The van der Waals surface area contributed by atoms with Crippen molar-refractivity contribution in [2.45, 2.75) is 18.8 Å². The predicted molar refractivity (Wildman–Crippen MR) is 59.9 cm³/mol. The van der Waals surface area contributed by atoms with E-state index in [-0.39, 0.29) is 6.79 Å². The lowest BCUT2D eigenvalue weighted by atomic mass is 10.2. The fraction of sp³-hybridized carbons (Fsp3) is 0.500. The molecule has 0 spiro atoms. The third-order valence-electron chi connectivity index (χ3n) is 3.18. The SMILES string of the molecule is O[C@@H]1CN(Cc2ccc3c(c2)OCO3)C[C@@H]1O. The van der Waals surface area contributed by atoms with Gasteiger partial charge in [-0.3, -0.25) is 4.90 Å². The fourth-order valence-electron chi connectivity index (χ4n) is 2.27. The molecule has 5 heteroatoms. The van der Waals surface area contributed by atoms with Gasteiger partial charge >= 0.3 is 0 Å². The maximum Gasteiger partial charge on any atom is 0.231 e. The number of β-amino-alcohol motifs (C(OH)–C–C–N with tert-alkyl or cyclic N) is 2. The first-order chi connectivity index (χ1) is 8.22. The number of nitrogens with zero attached hydrogens (tertiary/aromatic N) is 1. The summed E-state index contributed by atoms with van der Waals surface area (Å²) in [6.45, 7) is 2.00. The summed E-state index contributed by atoms with van der Waals surface area (Å²) < 4.78 is 10.5. The van der Waals surface area contributed by atoms with Crippen LogP contribution in [0.5, 0.6) is 11.5 Å². The van der Waals surface area contributed by atoms with Gasteiger partial charge in [0.15, 0.2) is 11.5 Å². The molecule has 0 amide bonds. The molecule has 1 aromatic rings. The largest absolute Gasteiger partial charge is 0.454 e. The highest BCUT2D eigenvalue weighted by Crippen LogP contribution is 2.33. The van der Waals surface area contributed by atoms with Crippen molar-refractivity contribution in [3.63, 3.8) is 0 Å². The van der Waals surface area contributed by atoms with E-state index >= 15 is 0 Å². The minimum absolute atomic E-state index is 0.278. The number of hydrogen-bond donors (Lipinski definition) is 2. The van der Waals surface area contributed by atoms with Gasteiger partial charge in [0.25, 0.3) is 0 Å². The Hall–Kier alpha value is -1.30. The van der Waals surface area contributed by atoms with E-state index in [1.807, 2.05) is 23.1 Å². The summed E-state index contributed by atoms with van der Waals surface area (Å²) in [5.41, 5.74) is 1.09. The van der Waals surface area contributed by atoms with Crippen molar-refractivity contribution in [1.82, 2.24) is 4.90 Å². The molecule has 92 valence electrons. The van der Waals surface area contributed by atoms with Gasteiger partial charge in [0.1, 0.15) is 0 Å². The molecule has 0 aromatic heterocycles. The van der Waals surface area contributed by atoms with Crippen LogP contribution in [0.1, 0.15) is 5.56 Å². The Kier molecular flexibility index (Phi) is 2.66. The average Bonchev–Trinajstić information content (AvgIpc) is 2.86. The molecule has 0 bridgehead atoms. The molecule has 2 heterocycles. The van der Waals surface area contributed by atoms with Gasteiger partial charge in [-0.25, -0.2) is 0 Å². The molecule has 0 aliphatic carbocycles. The number of fused-ring (bicyclic) bond motifs is 1. The van der Waals surface area contributed by atoms with Gasteiger partial charge in [0.2, 0.25) is 6.79 Å². The van der Waals surface area contributed by atoms with E-state index in [0.29, 0.717) is 19.6 Å². The van der Waals surface area contributed by atoms with Crippen LogP contribution in [0.15, 0.2) is 18.2 Å². The summed E-state index contributed by atoms with van der Waals surface area (Å²) in [6, 6.07) is 5.81. The minimum atomic E-state index is -0.635. The van der Waals surface area contributed by atoms with Crippen molar-refractivity contribution in [3.8, 4) is 11.5 Å². The molecule has 0 saturated carbocycles. The first kappa shape index (κ1) is 10.8. The molecule has 1 saturated heterocycles. The standard InChI is InChI=1S/C12H15NO4/c14-9-5-13(6-10(9)15)4-8-1-2-11-12(3-8)17-7-16-11/h1-3,9-10,14-15H,4-7H2/t9-,10+. The number of aliphatic hydroxyl groups is 2. The van der Waals surface area contributed by atoms with Gasteiger partial charge in [-0.15, -0.1) is 0 Å². The fourth-order valence-corrected chi connectivity index (χ4v) is 2.27. The second-order valence-electron chi connectivity index (χ2n) is 4.52. The molecule has 5 nitrogen and oxygen atoms in total. The van der Waals surface area contributed by atoms with E-state index in [1.54, 1.807) is 0 Å². The molecule has 17 heavy (non-hydrogen) atoms. The topological polar surface area (TPSA) is 62.2 Å². The highest BCUT2D eigenvalue weighted by atomic mass is 16.7. The van der Waals surface area contributed by atoms with E-state index in [0.717, 1.165) is 17.1 Å². The number of likely N-dealkylation sites (tertiary alicyclic amines) is 1. The van der Waals surface area contributed by atoms with Crippen molar-refractivity contribution < 1.29 is 19.7 Å². The van der Waals surface area contributed by atoms with Crippen LogP contribution in [-0.4, -0.2) is 47.2 Å². The van der Waals surface area contributed by atoms with Crippen LogP contribution >= 0.6 is 0 Å². The van der Waals surface area contributed by atoms with E-state index in [1.165, 1.54) is 0 Å². The molecule has 0 unspecified atom stereocenters. The summed E-state index contributed by atoms with van der Waals surface area (Å²) in [7, 11) is 0. The highest BCUT2D eigenvalue weighted by molar-refractivity contribution is 5.44. The van der Waals surface area contributed by atoms with E-state index in [4.69, 9.17) is 9.47 Å². The minimum Gasteiger partial charge on any atom is -0.454 e. The summed E-state index contributed by atoms with van der Waals surface area (Å²) >= 11 is 0. The van der Waals surface area contributed by atoms with Gasteiger partial charge in [-0.2, -0.15) is 0 Å². The van der Waals surface area contributed by atoms with Crippen LogP contribution in [0.25, 0.3) is 0 Å². The van der Waals surface area contributed by atoms with Crippen LogP contribution in [-0.2, 0) is 6.54 Å². The molecule has 2 N–H and O–H groups in total. The third-order valence-corrected chi connectivity index (χ3v) is 3.18. The number of benzene rings is 1. The van der Waals surface area contributed by atoms with Crippen molar-refractivity contribution in [3.05, 3.63) is 23.8 Å². The molecule has 0 radical (unpaired) electrons. The summed E-state index contributed by atoms with van der Waals surface area (Å²) in [5, 5.41) is 18.9.